The van der Waals surface area contributed by atoms with Crippen molar-refractivity contribution in [2.24, 2.45) is 5.73 Å². The van der Waals surface area contributed by atoms with Crippen molar-refractivity contribution < 1.29 is 9.53 Å². The molecular formula is C14H21NO2. The zero-order valence-electron chi connectivity index (χ0n) is 10.4. The Morgan fingerprint density at radius 2 is 2.18 bits per heavy atom. The predicted octanol–water partition coefficient (Wildman–Crippen LogP) is 2.67. The maximum atomic E-state index is 10.5. The van der Waals surface area contributed by atoms with Gasteiger partial charge in [-0.05, 0) is 37.0 Å². The highest BCUT2D eigenvalue weighted by atomic mass is 16.5. The topological polar surface area (TPSA) is 52.3 Å². The summed E-state index contributed by atoms with van der Waals surface area (Å²) in [7, 11) is 0. The van der Waals surface area contributed by atoms with Crippen molar-refractivity contribution >= 4 is 5.91 Å². The van der Waals surface area contributed by atoms with Gasteiger partial charge in [0.25, 0.3) is 0 Å². The summed E-state index contributed by atoms with van der Waals surface area (Å²) in [6, 6.07) is 8.14. The molecule has 17 heavy (non-hydrogen) atoms. The first-order valence-corrected chi connectivity index (χ1v) is 6.22. The SMILES string of the molecule is CCCCc1cccc(OCCCC(N)=O)c1. The molecule has 1 rings (SSSR count). The second-order valence-electron chi connectivity index (χ2n) is 4.17. The molecule has 0 unspecified atom stereocenters. The van der Waals surface area contributed by atoms with E-state index in [1.54, 1.807) is 0 Å². The highest BCUT2D eigenvalue weighted by Crippen LogP contribution is 2.15. The highest BCUT2D eigenvalue weighted by molar-refractivity contribution is 5.73. The molecule has 0 aliphatic heterocycles. The molecule has 0 aliphatic rings. The smallest absolute Gasteiger partial charge is 0.217 e. The van der Waals surface area contributed by atoms with Crippen LogP contribution in [0.5, 0.6) is 5.75 Å². The Labute approximate surface area is 103 Å². The number of rotatable bonds is 8. The molecule has 0 radical (unpaired) electrons. The van der Waals surface area contributed by atoms with Crippen molar-refractivity contribution in [3.63, 3.8) is 0 Å². The predicted molar refractivity (Wildman–Crippen MR) is 69.0 cm³/mol. The van der Waals surface area contributed by atoms with Crippen LogP contribution in [0.3, 0.4) is 0 Å². The largest absolute Gasteiger partial charge is 0.494 e. The van der Waals surface area contributed by atoms with Crippen LogP contribution in [0.1, 0.15) is 38.2 Å². The van der Waals surface area contributed by atoms with Crippen LogP contribution < -0.4 is 10.5 Å². The van der Waals surface area contributed by atoms with Crippen molar-refractivity contribution in [2.75, 3.05) is 6.61 Å². The second-order valence-corrected chi connectivity index (χ2v) is 4.17. The summed E-state index contributed by atoms with van der Waals surface area (Å²) < 4.78 is 5.57. The van der Waals surface area contributed by atoms with E-state index in [0.717, 1.165) is 12.2 Å². The molecule has 0 atom stereocenters. The van der Waals surface area contributed by atoms with Crippen molar-refractivity contribution in [2.45, 2.75) is 39.0 Å². The molecule has 0 spiro atoms. The molecule has 0 fully saturated rings. The first-order chi connectivity index (χ1) is 8.22. The summed E-state index contributed by atoms with van der Waals surface area (Å²) in [6.07, 6.45) is 4.55. The number of unbranched alkanes of at least 4 members (excludes halogenated alkanes) is 1. The number of benzene rings is 1. The van der Waals surface area contributed by atoms with Crippen LogP contribution in [0.4, 0.5) is 0 Å². The van der Waals surface area contributed by atoms with Gasteiger partial charge in [-0.15, -0.1) is 0 Å². The molecular weight excluding hydrogens is 214 g/mol. The lowest BCUT2D eigenvalue weighted by atomic mass is 10.1. The van der Waals surface area contributed by atoms with Gasteiger partial charge in [0.1, 0.15) is 5.75 Å². The van der Waals surface area contributed by atoms with Gasteiger partial charge in [-0.2, -0.15) is 0 Å². The van der Waals surface area contributed by atoms with Gasteiger partial charge in [-0.1, -0.05) is 25.5 Å². The van der Waals surface area contributed by atoms with Crippen LogP contribution in [0.2, 0.25) is 0 Å². The molecule has 0 bridgehead atoms. The number of hydrogen-bond donors (Lipinski definition) is 1. The number of carbonyl (C=O) groups is 1. The Bertz CT molecular complexity index is 350. The summed E-state index contributed by atoms with van der Waals surface area (Å²) in [5.74, 6) is 0.605. The Hall–Kier alpha value is -1.51. The van der Waals surface area contributed by atoms with Crippen molar-refractivity contribution in [1.29, 1.82) is 0 Å². The number of aryl methyl sites for hydroxylation is 1. The quantitative estimate of drug-likeness (QED) is 0.704. The van der Waals surface area contributed by atoms with Crippen LogP contribution in [0, 0.1) is 0 Å². The van der Waals surface area contributed by atoms with Crippen LogP contribution in [0.15, 0.2) is 24.3 Å². The van der Waals surface area contributed by atoms with Crippen molar-refractivity contribution in [3.8, 4) is 5.75 Å². The van der Waals surface area contributed by atoms with E-state index in [9.17, 15) is 4.79 Å². The maximum absolute atomic E-state index is 10.5. The molecule has 0 saturated heterocycles. The molecule has 0 aliphatic carbocycles. The fourth-order valence-electron chi connectivity index (χ4n) is 1.61. The normalized spacial score (nSPS) is 10.2. The second kappa shape index (κ2) is 7.71. The third-order valence-corrected chi connectivity index (χ3v) is 2.55. The minimum Gasteiger partial charge on any atom is -0.494 e. The van der Waals surface area contributed by atoms with E-state index in [4.69, 9.17) is 10.5 Å². The fraction of sp³-hybridized carbons (Fsp3) is 0.500. The lowest BCUT2D eigenvalue weighted by molar-refractivity contribution is -0.118. The van der Waals surface area contributed by atoms with E-state index in [1.165, 1.54) is 18.4 Å². The number of amides is 1. The van der Waals surface area contributed by atoms with Gasteiger partial charge in [-0.25, -0.2) is 0 Å². The van der Waals surface area contributed by atoms with Crippen molar-refractivity contribution in [3.05, 3.63) is 29.8 Å². The molecule has 1 amide bonds. The standard InChI is InChI=1S/C14H21NO2/c1-2-3-6-12-7-4-8-13(11-12)17-10-5-9-14(15)16/h4,7-8,11H,2-3,5-6,9-10H2,1H3,(H2,15,16). The summed E-state index contributed by atoms with van der Waals surface area (Å²) in [5, 5.41) is 0. The van der Waals surface area contributed by atoms with Crippen LogP contribution in [-0.2, 0) is 11.2 Å². The Balaban J connectivity index is 2.34. The zero-order valence-corrected chi connectivity index (χ0v) is 10.4. The van der Waals surface area contributed by atoms with Gasteiger partial charge < -0.3 is 10.5 Å². The molecule has 1 aromatic rings. The molecule has 2 N–H and O–H groups in total. The number of hydrogen-bond acceptors (Lipinski definition) is 2. The summed E-state index contributed by atoms with van der Waals surface area (Å²) in [6.45, 7) is 2.73. The summed E-state index contributed by atoms with van der Waals surface area (Å²) in [4.78, 5) is 10.5. The minimum absolute atomic E-state index is 0.273. The molecule has 3 nitrogen and oxygen atoms in total. The van der Waals surface area contributed by atoms with Gasteiger partial charge in [-0.3, -0.25) is 4.79 Å². The molecule has 3 heteroatoms. The van der Waals surface area contributed by atoms with E-state index < -0.39 is 0 Å². The number of ether oxygens (including phenoxy) is 1. The van der Waals surface area contributed by atoms with Gasteiger partial charge >= 0.3 is 0 Å². The third kappa shape index (κ3) is 5.95. The van der Waals surface area contributed by atoms with Gasteiger partial charge in [0.05, 0.1) is 6.61 Å². The minimum atomic E-state index is -0.273. The Morgan fingerprint density at radius 3 is 2.88 bits per heavy atom. The van der Waals surface area contributed by atoms with Crippen molar-refractivity contribution in [1.82, 2.24) is 0 Å². The lowest BCUT2D eigenvalue weighted by Crippen LogP contribution is -2.11. The lowest BCUT2D eigenvalue weighted by Gasteiger charge is -2.07. The average Bonchev–Trinajstić information content (AvgIpc) is 2.32. The molecule has 0 aromatic heterocycles. The molecule has 0 saturated carbocycles. The number of nitrogens with two attached hydrogens (primary N) is 1. The van der Waals surface area contributed by atoms with Crippen LogP contribution >= 0.6 is 0 Å². The fourth-order valence-corrected chi connectivity index (χ4v) is 1.61. The maximum Gasteiger partial charge on any atom is 0.217 e. The van der Waals surface area contributed by atoms with Gasteiger partial charge in [0.2, 0.25) is 5.91 Å². The average molecular weight is 235 g/mol. The third-order valence-electron chi connectivity index (χ3n) is 2.55. The van der Waals surface area contributed by atoms with E-state index >= 15 is 0 Å². The summed E-state index contributed by atoms with van der Waals surface area (Å²) in [5.41, 5.74) is 6.36. The molecule has 1 aromatic carbocycles. The van der Waals surface area contributed by atoms with Crippen LogP contribution in [0.25, 0.3) is 0 Å². The number of carbonyl (C=O) groups excluding carboxylic acids is 1. The molecule has 94 valence electrons. The zero-order chi connectivity index (χ0) is 12.5. The van der Waals surface area contributed by atoms with Gasteiger partial charge in [0, 0.05) is 6.42 Å². The van der Waals surface area contributed by atoms with Crippen LogP contribution in [-0.4, -0.2) is 12.5 Å². The monoisotopic (exact) mass is 235 g/mol. The Kier molecular flexibility index (Phi) is 6.15. The highest BCUT2D eigenvalue weighted by Gasteiger charge is 1.98. The van der Waals surface area contributed by atoms with E-state index in [-0.39, 0.29) is 5.91 Å². The van der Waals surface area contributed by atoms with E-state index in [2.05, 4.69) is 19.1 Å². The molecule has 0 heterocycles. The number of primary amides is 1. The van der Waals surface area contributed by atoms with E-state index in [0.29, 0.717) is 19.4 Å². The first kappa shape index (κ1) is 13.6. The Morgan fingerprint density at radius 1 is 1.35 bits per heavy atom. The van der Waals surface area contributed by atoms with E-state index in [1.807, 2.05) is 12.1 Å². The van der Waals surface area contributed by atoms with Gasteiger partial charge in [0.15, 0.2) is 0 Å². The summed E-state index contributed by atoms with van der Waals surface area (Å²) >= 11 is 0. The first-order valence-electron chi connectivity index (χ1n) is 6.22.